The quantitative estimate of drug-likeness (QED) is 0.769. The molecular weight excluding hydrogens is 186 g/mol. The van der Waals surface area contributed by atoms with Crippen molar-refractivity contribution < 1.29 is 14.6 Å². The van der Waals surface area contributed by atoms with Crippen LogP contribution >= 0.6 is 0 Å². The van der Waals surface area contributed by atoms with Crippen molar-refractivity contribution in [3.05, 3.63) is 28.2 Å². The molecule has 0 saturated carbocycles. The van der Waals surface area contributed by atoms with Crippen molar-refractivity contribution in [3.8, 4) is 5.75 Å². The number of carbonyl (C=O) groups is 1. The molecule has 1 N–H and O–H groups in total. The summed E-state index contributed by atoms with van der Waals surface area (Å²) >= 11 is 0. The van der Waals surface area contributed by atoms with Crippen molar-refractivity contribution in [2.75, 3.05) is 7.11 Å². The summed E-state index contributed by atoms with van der Waals surface area (Å²) < 4.78 is 6.15. The van der Waals surface area contributed by atoms with Crippen molar-refractivity contribution in [1.29, 1.82) is 0 Å². The van der Waals surface area contributed by atoms with Gasteiger partial charge in [-0.2, -0.15) is 0 Å². The summed E-state index contributed by atoms with van der Waals surface area (Å²) in [6.07, 6.45) is 1.44. The monoisotopic (exact) mass is 197 g/mol. The van der Waals surface area contributed by atoms with Gasteiger partial charge in [0.1, 0.15) is 5.56 Å². The van der Waals surface area contributed by atoms with Gasteiger partial charge in [-0.25, -0.2) is 4.79 Å². The average molecular weight is 197 g/mol. The van der Waals surface area contributed by atoms with Gasteiger partial charge in [0.25, 0.3) is 5.56 Å². The maximum absolute atomic E-state index is 11.5. The second-order valence-corrected chi connectivity index (χ2v) is 2.66. The van der Waals surface area contributed by atoms with Crippen molar-refractivity contribution >= 4 is 5.97 Å². The molecule has 0 aromatic carbocycles. The van der Waals surface area contributed by atoms with E-state index in [4.69, 9.17) is 9.84 Å². The van der Waals surface area contributed by atoms with Crippen LogP contribution < -0.4 is 10.3 Å². The number of aromatic carboxylic acids is 1. The Morgan fingerprint density at radius 2 is 2.29 bits per heavy atom. The van der Waals surface area contributed by atoms with Gasteiger partial charge in [0.2, 0.25) is 0 Å². The molecule has 1 heterocycles. The first-order chi connectivity index (χ1) is 6.61. The molecule has 0 bridgehead atoms. The molecule has 0 fully saturated rings. The van der Waals surface area contributed by atoms with Crippen LogP contribution in [0.15, 0.2) is 17.1 Å². The molecule has 0 radical (unpaired) electrons. The minimum Gasteiger partial charge on any atom is -0.490 e. The molecule has 76 valence electrons. The molecule has 0 atom stereocenters. The minimum absolute atomic E-state index is 0.109. The Morgan fingerprint density at radius 3 is 2.71 bits per heavy atom. The van der Waals surface area contributed by atoms with Crippen LogP contribution in [0, 0.1) is 0 Å². The van der Waals surface area contributed by atoms with Crippen molar-refractivity contribution in [2.24, 2.45) is 0 Å². The van der Waals surface area contributed by atoms with Gasteiger partial charge in [0.05, 0.1) is 7.11 Å². The number of carboxylic acids is 1. The highest BCUT2D eigenvalue weighted by Gasteiger charge is 2.15. The fourth-order valence-electron chi connectivity index (χ4n) is 1.17. The van der Waals surface area contributed by atoms with Gasteiger partial charge in [-0.3, -0.25) is 4.79 Å². The van der Waals surface area contributed by atoms with E-state index in [2.05, 4.69) is 0 Å². The number of hydrogen-bond acceptors (Lipinski definition) is 3. The summed E-state index contributed by atoms with van der Waals surface area (Å²) in [6, 6.07) is 1.35. The highest BCUT2D eigenvalue weighted by molar-refractivity contribution is 5.90. The summed E-state index contributed by atoms with van der Waals surface area (Å²) in [5, 5.41) is 8.76. The third-order valence-electron chi connectivity index (χ3n) is 1.90. The average Bonchev–Trinajstić information content (AvgIpc) is 2.17. The van der Waals surface area contributed by atoms with Gasteiger partial charge in [0.15, 0.2) is 5.75 Å². The summed E-state index contributed by atoms with van der Waals surface area (Å²) in [6.45, 7) is 2.27. The van der Waals surface area contributed by atoms with Crippen LogP contribution in [0.2, 0.25) is 0 Å². The fourth-order valence-corrected chi connectivity index (χ4v) is 1.17. The zero-order valence-corrected chi connectivity index (χ0v) is 7.98. The predicted octanol–water partition coefficient (Wildman–Crippen LogP) is 0.575. The van der Waals surface area contributed by atoms with E-state index in [1.54, 1.807) is 6.92 Å². The van der Waals surface area contributed by atoms with E-state index in [1.165, 1.54) is 23.9 Å². The van der Waals surface area contributed by atoms with Crippen molar-refractivity contribution in [1.82, 2.24) is 4.57 Å². The lowest BCUT2D eigenvalue weighted by molar-refractivity contribution is 0.0692. The number of aromatic nitrogens is 1. The van der Waals surface area contributed by atoms with Crippen LogP contribution in [-0.4, -0.2) is 22.8 Å². The SMILES string of the molecule is CCn1ccc(C(=O)O)c(OC)c1=O. The maximum Gasteiger partial charge on any atom is 0.339 e. The summed E-state index contributed by atoms with van der Waals surface area (Å²) in [4.78, 5) is 22.2. The third-order valence-corrected chi connectivity index (χ3v) is 1.90. The Bertz CT molecular complexity index is 408. The zero-order valence-electron chi connectivity index (χ0n) is 7.98. The Morgan fingerprint density at radius 1 is 1.64 bits per heavy atom. The third kappa shape index (κ3) is 1.61. The number of carboxylic acid groups (broad SMARTS) is 1. The van der Waals surface area contributed by atoms with Crippen molar-refractivity contribution in [3.63, 3.8) is 0 Å². The molecular formula is C9H11NO4. The molecule has 1 aromatic heterocycles. The van der Waals surface area contributed by atoms with E-state index < -0.39 is 11.5 Å². The largest absolute Gasteiger partial charge is 0.490 e. The van der Waals surface area contributed by atoms with Crippen LogP contribution in [0.5, 0.6) is 5.75 Å². The Balaban J connectivity index is 3.44. The molecule has 5 nitrogen and oxygen atoms in total. The maximum atomic E-state index is 11.5. The van der Waals surface area contributed by atoms with E-state index in [0.717, 1.165) is 0 Å². The molecule has 0 aliphatic rings. The van der Waals surface area contributed by atoms with E-state index in [-0.39, 0.29) is 11.3 Å². The minimum atomic E-state index is -1.16. The smallest absolute Gasteiger partial charge is 0.339 e. The lowest BCUT2D eigenvalue weighted by Crippen LogP contribution is -2.22. The molecule has 14 heavy (non-hydrogen) atoms. The molecule has 0 aliphatic heterocycles. The standard InChI is InChI=1S/C9H11NO4/c1-3-10-5-4-6(9(12)13)7(14-2)8(10)11/h4-5H,3H2,1-2H3,(H,12,13). The molecule has 1 rings (SSSR count). The number of rotatable bonds is 3. The Labute approximate surface area is 80.6 Å². The van der Waals surface area contributed by atoms with Gasteiger partial charge in [-0.1, -0.05) is 0 Å². The first kappa shape index (κ1) is 10.3. The highest BCUT2D eigenvalue weighted by atomic mass is 16.5. The van der Waals surface area contributed by atoms with Crippen LogP contribution in [-0.2, 0) is 6.54 Å². The number of hydrogen-bond donors (Lipinski definition) is 1. The zero-order chi connectivity index (χ0) is 10.7. The molecule has 1 aromatic rings. The van der Waals surface area contributed by atoms with E-state index in [9.17, 15) is 9.59 Å². The molecule has 0 saturated heterocycles. The number of ether oxygens (including phenoxy) is 1. The van der Waals surface area contributed by atoms with Gasteiger partial charge in [-0.05, 0) is 13.0 Å². The van der Waals surface area contributed by atoms with Crippen LogP contribution in [0.4, 0.5) is 0 Å². The van der Waals surface area contributed by atoms with Crippen LogP contribution in [0.1, 0.15) is 17.3 Å². The van der Waals surface area contributed by atoms with Gasteiger partial charge >= 0.3 is 5.97 Å². The topological polar surface area (TPSA) is 68.5 Å². The van der Waals surface area contributed by atoms with Gasteiger partial charge < -0.3 is 14.4 Å². The molecule has 5 heteroatoms. The predicted molar refractivity (Wildman–Crippen MR) is 49.9 cm³/mol. The molecule has 0 aliphatic carbocycles. The van der Waals surface area contributed by atoms with E-state index in [1.807, 2.05) is 0 Å². The number of pyridine rings is 1. The molecule has 0 amide bonds. The van der Waals surface area contributed by atoms with Crippen LogP contribution in [0.3, 0.4) is 0 Å². The number of nitrogens with zero attached hydrogens (tertiary/aromatic N) is 1. The second-order valence-electron chi connectivity index (χ2n) is 2.66. The molecule has 0 spiro atoms. The molecule has 0 unspecified atom stereocenters. The number of methoxy groups -OCH3 is 1. The Hall–Kier alpha value is -1.78. The second kappa shape index (κ2) is 3.95. The van der Waals surface area contributed by atoms with E-state index in [0.29, 0.717) is 6.54 Å². The Kier molecular flexibility index (Phi) is 2.91. The fraction of sp³-hybridized carbons (Fsp3) is 0.333. The lowest BCUT2D eigenvalue weighted by atomic mass is 10.2. The van der Waals surface area contributed by atoms with Crippen molar-refractivity contribution in [2.45, 2.75) is 13.5 Å². The number of aryl methyl sites for hydroxylation is 1. The van der Waals surface area contributed by atoms with Gasteiger partial charge in [-0.15, -0.1) is 0 Å². The van der Waals surface area contributed by atoms with Crippen LogP contribution in [0.25, 0.3) is 0 Å². The first-order valence-corrected chi connectivity index (χ1v) is 4.12. The normalized spacial score (nSPS) is 9.86. The summed E-state index contributed by atoms with van der Waals surface area (Å²) in [5.74, 6) is -1.29. The summed E-state index contributed by atoms with van der Waals surface area (Å²) in [7, 11) is 1.28. The highest BCUT2D eigenvalue weighted by Crippen LogP contribution is 2.11. The summed E-state index contributed by atoms with van der Waals surface area (Å²) in [5.41, 5.74) is -0.530. The lowest BCUT2D eigenvalue weighted by Gasteiger charge is -2.07. The van der Waals surface area contributed by atoms with E-state index >= 15 is 0 Å². The first-order valence-electron chi connectivity index (χ1n) is 4.12. The van der Waals surface area contributed by atoms with Gasteiger partial charge in [0, 0.05) is 12.7 Å².